The minimum Gasteiger partial charge on any atom is -0.380 e. The van der Waals surface area contributed by atoms with Crippen LogP contribution in [0.15, 0.2) is 24.3 Å². The van der Waals surface area contributed by atoms with Gasteiger partial charge >= 0.3 is 0 Å². The summed E-state index contributed by atoms with van der Waals surface area (Å²) in [4.78, 5) is 0. The number of piperidine rings is 1. The van der Waals surface area contributed by atoms with Gasteiger partial charge in [-0.05, 0) is 51.7 Å². The Kier molecular flexibility index (Phi) is 5.07. The molecule has 0 saturated carbocycles. The molecule has 1 aromatic rings. The fourth-order valence-electron chi connectivity index (χ4n) is 3.72. The molecule has 0 radical (unpaired) electrons. The van der Waals surface area contributed by atoms with Crippen molar-refractivity contribution in [3.63, 3.8) is 0 Å². The molecular formula is C18H30N2O. The van der Waals surface area contributed by atoms with Crippen LogP contribution in [0.3, 0.4) is 0 Å². The third-order valence-electron chi connectivity index (χ3n) is 4.09. The molecule has 118 valence electrons. The Morgan fingerprint density at radius 3 is 2.38 bits per heavy atom. The van der Waals surface area contributed by atoms with Crippen molar-refractivity contribution < 1.29 is 4.74 Å². The second-order valence-corrected chi connectivity index (χ2v) is 7.63. The van der Waals surface area contributed by atoms with Gasteiger partial charge in [-0.1, -0.05) is 24.3 Å². The Morgan fingerprint density at radius 2 is 1.76 bits per heavy atom. The molecule has 0 amide bonds. The molecule has 2 rings (SSSR count). The zero-order valence-electron chi connectivity index (χ0n) is 14.1. The van der Waals surface area contributed by atoms with E-state index in [1.54, 1.807) is 7.11 Å². The van der Waals surface area contributed by atoms with E-state index in [1.165, 1.54) is 11.1 Å². The second kappa shape index (κ2) is 6.47. The van der Waals surface area contributed by atoms with Crippen molar-refractivity contribution >= 4 is 0 Å². The van der Waals surface area contributed by atoms with Gasteiger partial charge in [0, 0.05) is 30.8 Å². The van der Waals surface area contributed by atoms with E-state index in [0.29, 0.717) is 12.6 Å². The van der Waals surface area contributed by atoms with E-state index in [0.717, 1.165) is 19.4 Å². The number of ether oxygens (including phenoxy) is 1. The van der Waals surface area contributed by atoms with Gasteiger partial charge in [-0.2, -0.15) is 0 Å². The fraction of sp³-hybridized carbons (Fsp3) is 0.667. The maximum absolute atomic E-state index is 5.20. The smallest absolute Gasteiger partial charge is 0.0713 e. The van der Waals surface area contributed by atoms with Gasteiger partial charge in [0.15, 0.2) is 0 Å². The van der Waals surface area contributed by atoms with E-state index in [2.05, 4.69) is 62.6 Å². The summed E-state index contributed by atoms with van der Waals surface area (Å²) in [7, 11) is 1.74. The minimum absolute atomic E-state index is 0.192. The van der Waals surface area contributed by atoms with E-state index >= 15 is 0 Å². The number of hydrogen-bond acceptors (Lipinski definition) is 3. The summed E-state index contributed by atoms with van der Waals surface area (Å²) in [6.45, 7) is 10.8. The molecule has 0 unspecified atom stereocenters. The first-order valence-corrected chi connectivity index (χ1v) is 7.89. The molecule has 1 aliphatic heterocycles. The molecule has 1 saturated heterocycles. The topological polar surface area (TPSA) is 33.3 Å². The van der Waals surface area contributed by atoms with Crippen molar-refractivity contribution in [1.29, 1.82) is 0 Å². The lowest BCUT2D eigenvalue weighted by molar-refractivity contribution is 0.145. The van der Waals surface area contributed by atoms with Crippen molar-refractivity contribution in [1.82, 2.24) is 10.6 Å². The molecule has 1 aliphatic rings. The standard InChI is InChI=1S/C18H30N2O/c1-17(2)10-16(11-18(3,4)20-17)19-12-14-7-6-8-15(9-14)13-21-5/h6-9,16,19-20H,10-13H2,1-5H3. The van der Waals surface area contributed by atoms with Crippen molar-refractivity contribution in [2.24, 2.45) is 0 Å². The van der Waals surface area contributed by atoms with Crippen LogP contribution in [0.1, 0.15) is 51.7 Å². The van der Waals surface area contributed by atoms with E-state index < -0.39 is 0 Å². The molecule has 2 N–H and O–H groups in total. The molecule has 1 aromatic carbocycles. The summed E-state index contributed by atoms with van der Waals surface area (Å²) in [6, 6.07) is 9.20. The molecule has 21 heavy (non-hydrogen) atoms. The summed E-state index contributed by atoms with van der Waals surface area (Å²) in [5.74, 6) is 0. The van der Waals surface area contributed by atoms with Crippen LogP contribution in [-0.4, -0.2) is 24.2 Å². The van der Waals surface area contributed by atoms with Gasteiger partial charge in [0.1, 0.15) is 0 Å². The van der Waals surface area contributed by atoms with Crippen molar-refractivity contribution in [3.05, 3.63) is 35.4 Å². The monoisotopic (exact) mass is 290 g/mol. The summed E-state index contributed by atoms with van der Waals surface area (Å²) >= 11 is 0. The highest BCUT2D eigenvalue weighted by atomic mass is 16.5. The molecule has 0 bridgehead atoms. The number of nitrogens with one attached hydrogen (secondary N) is 2. The highest BCUT2D eigenvalue weighted by molar-refractivity contribution is 5.23. The van der Waals surface area contributed by atoms with Crippen LogP contribution in [0.2, 0.25) is 0 Å². The van der Waals surface area contributed by atoms with Crippen LogP contribution in [0, 0.1) is 0 Å². The van der Waals surface area contributed by atoms with Crippen LogP contribution in [-0.2, 0) is 17.9 Å². The SMILES string of the molecule is COCc1cccc(CNC2CC(C)(C)NC(C)(C)C2)c1. The van der Waals surface area contributed by atoms with Crippen molar-refractivity contribution in [2.45, 2.75) is 70.8 Å². The average Bonchev–Trinajstić information content (AvgIpc) is 2.34. The van der Waals surface area contributed by atoms with Crippen LogP contribution in [0.4, 0.5) is 0 Å². The minimum atomic E-state index is 0.192. The molecule has 1 fully saturated rings. The first kappa shape index (κ1) is 16.5. The predicted molar refractivity (Wildman–Crippen MR) is 88.3 cm³/mol. The van der Waals surface area contributed by atoms with E-state index in [1.807, 2.05) is 0 Å². The van der Waals surface area contributed by atoms with Crippen molar-refractivity contribution in [2.75, 3.05) is 7.11 Å². The largest absolute Gasteiger partial charge is 0.380 e. The van der Waals surface area contributed by atoms with Crippen LogP contribution in [0.25, 0.3) is 0 Å². The highest BCUT2D eigenvalue weighted by Gasteiger charge is 2.37. The Bertz CT molecular complexity index is 452. The number of methoxy groups -OCH3 is 1. The van der Waals surface area contributed by atoms with Crippen molar-refractivity contribution in [3.8, 4) is 0 Å². The van der Waals surface area contributed by atoms with E-state index in [-0.39, 0.29) is 11.1 Å². The summed E-state index contributed by atoms with van der Waals surface area (Å²) in [5, 5.41) is 7.47. The second-order valence-electron chi connectivity index (χ2n) is 7.63. The van der Waals surface area contributed by atoms with Gasteiger partial charge in [0.2, 0.25) is 0 Å². The summed E-state index contributed by atoms with van der Waals surface area (Å²) < 4.78 is 5.20. The average molecular weight is 290 g/mol. The van der Waals surface area contributed by atoms with E-state index in [4.69, 9.17) is 4.74 Å². The molecule has 0 aromatic heterocycles. The Hall–Kier alpha value is -0.900. The zero-order chi connectivity index (χ0) is 15.5. The lowest BCUT2D eigenvalue weighted by atomic mass is 9.79. The predicted octanol–water partition coefficient (Wildman–Crippen LogP) is 3.23. The number of benzene rings is 1. The number of rotatable bonds is 5. The summed E-state index contributed by atoms with van der Waals surface area (Å²) in [5.41, 5.74) is 2.95. The van der Waals surface area contributed by atoms with Gasteiger partial charge in [0.05, 0.1) is 6.61 Å². The third-order valence-corrected chi connectivity index (χ3v) is 4.09. The maximum atomic E-state index is 5.20. The maximum Gasteiger partial charge on any atom is 0.0713 e. The highest BCUT2D eigenvalue weighted by Crippen LogP contribution is 2.28. The normalized spacial score (nSPS) is 21.4. The molecule has 0 atom stereocenters. The summed E-state index contributed by atoms with van der Waals surface area (Å²) in [6.07, 6.45) is 2.32. The molecule has 0 spiro atoms. The number of hydrogen-bond donors (Lipinski definition) is 2. The molecule has 3 nitrogen and oxygen atoms in total. The van der Waals surface area contributed by atoms with Gasteiger partial charge in [0.25, 0.3) is 0 Å². The molecule has 0 aliphatic carbocycles. The fourth-order valence-corrected chi connectivity index (χ4v) is 3.72. The Labute approximate surface area is 129 Å². The van der Waals surface area contributed by atoms with Crippen LogP contribution >= 0.6 is 0 Å². The van der Waals surface area contributed by atoms with Gasteiger partial charge in [-0.15, -0.1) is 0 Å². The first-order chi connectivity index (χ1) is 9.80. The van der Waals surface area contributed by atoms with Gasteiger partial charge in [-0.25, -0.2) is 0 Å². The van der Waals surface area contributed by atoms with Gasteiger partial charge in [-0.3, -0.25) is 0 Å². The Morgan fingerprint density at radius 1 is 1.14 bits per heavy atom. The molecule has 3 heteroatoms. The third kappa shape index (κ3) is 5.10. The molecule has 1 heterocycles. The first-order valence-electron chi connectivity index (χ1n) is 7.89. The molecular weight excluding hydrogens is 260 g/mol. The lowest BCUT2D eigenvalue weighted by Gasteiger charge is -2.46. The lowest BCUT2D eigenvalue weighted by Crippen LogP contribution is -2.61. The zero-order valence-corrected chi connectivity index (χ0v) is 14.1. The Balaban J connectivity index is 1.94. The van der Waals surface area contributed by atoms with Crippen LogP contribution in [0.5, 0.6) is 0 Å². The van der Waals surface area contributed by atoms with E-state index in [9.17, 15) is 0 Å². The van der Waals surface area contributed by atoms with Gasteiger partial charge < -0.3 is 15.4 Å². The van der Waals surface area contributed by atoms with Crippen LogP contribution < -0.4 is 10.6 Å². The quantitative estimate of drug-likeness (QED) is 0.873.